The first-order valence-corrected chi connectivity index (χ1v) is 11.7. The first kappa shape index (κ1) is 23.2. The fourth-order valence-corrected chi connectivity index (χ4v) is 3.83. The number of aryl methyl sites for hydroxylation is 1. The predicted octanol–water partition coefficient (Wildman–Crippen LogP) is 5.26. The minimum absolute atomic E-state index is 0.00462. The van der Waals surface area contributed by atoms with E-state index >= 15 is 0 Å². The third kappa shape index (κ3) is 5.52. The maximum Gasteiger partial charge on any atom is 0.227 e. The minimum atomic E-state index is -0.0410. The lowest BCUT2D eigenvalue weighted by atomic mass is 10.1. The van der Waals surface area contributed by atoms with Gasteiger partial charge in [0.05, 0.1) is 11.0 Å². The molecule has 34 heavy (non-hydrogen) atoms. The molecule has 4 aromatic rings. The molecule has 0 spiro atoms. The van der Waals surface area contributed by atoms with E-state index in [9.17, 15) is 9.59 Å². The fraction of sp³-hybridized carbons (Fsp3) is 0.250. The Hall–Kier alpha value is -3.93. The Bertz CT molecular complexity index is 1280. The van der Waals surface area contributed by atoms with Crippen molar-refractivity contribution in [2.24, 2.45) is 5.92 Å². The first-order valence-electron chi connectivity index (χ1n) is 11.7. The van der Waals surface area contributed by atoms with Gasteiger partial charge in [-0.15, -0.1) is 0 Å². The number of rotatable bonds is 9. The van der Waals surface area contributed by atoms with Crippen LogP contribution in [0, 0.1) is 5.92 Å². The van der Waals surface area contributed by atoms with Crippen LogP contribution in [0.2, 0.25) is 0 Å². The number of nitrogens with one attached hydrogen (secondary N) is 2. The molecule has 1 unspecified atom stereocenters. The Morgan fingerprint density at radius 1 is 0.971 bits per heavy atom. The summed E-state index contributed by atoms with van der Waals surface area (Å²) in [5, 5.41) is 5.93. The van der Waals surface area contributed by atoms with Gasteiger partial charge in [0, 0.05) is 36.7 Å². The molecule has 0 saturated carbocycles. The number of benzene rings is 3. The van der Waals surface area contributed by atoms with Crippen LogP contribution in [-0.2, 0) is 22.6 Å². The minimum Gasteiger partial charge on any atom is -0.352 e. The molecule has 6 heteroatoms. The van der Waals surface area contributed by atoms with Gasteiger partial charge in [-0.3, -0.25) is 14.2 Å². The van der Waals surface area contributed by atoms with Crippen molar-refractivity contribution in [3.63, 3.8) is 0 Å². The van der Waals surface area contributed by atoms with Gasteiger partial charge in [0.1, 0.15) is 5.82 Å². The smallest absolute Gasteiger partial charge is 0.227 e. The van der Waals surface area contributed by atoms with Crippen molar-refractivity contribution in [1.82, 2.24) is 14.9 Å². The second-order valence-corrected chi connectivity index (χ2v) is 8.46. The number of carbonyl (C=O) groups excluding carboxylic acids is 2. The predicted molar refractivity (Wildman–Crippen MR) is 136 cm³/mol. The van der Waals surface area contributed by atoms with Crippen LogP contribution in [-0.4, -0.2) is 21.4 Å². The molecule has 0 saturated heterocycles. The van der Waals surface area contributed by atoms with Crippen molar-refractivity contribution in [3.8, 4) is 5.69 Å². The van der Waals surface area contributed by atoms with Gasteiger partial charge in [-0.1, -0.05) is 56.3 Å². The van der Waals surface area contributed by atoms with Crippen LogP contribution in [0.1, 0.15) is 38.1 Å². The van der Waals surface area contributed by atoms with Crippen molar-refractivity contribution >= 4 is 28.5 Å². The largest absolute Gasteiger partial charge is 0.352 e. The third-order valence-corrected chi connectivity index (χ3v) is 5.96. The van der Waals surface area contributed by atoms with Crippen LogP contribution >= 0.6 is 0 Å². The molecule has 0 radical (unpaired) electrons. The lowest BCUT2D eigenvalue weighted by Gasteiger charge is -2.12. The van der Waals surface area contributed by atoms with E-state index < -0.39 is 0 Å². The van der Waals surface area contributed by atoms with E-state index in [1.807, 2.05) is 92.7 Å². The highest BCUT2D eigenvalue weighted by atomic mass is 16.2. The average molecular weight is 455 g/mol. The first-order chi connectivity index (χ1) is 16.5. The van der Waals surface area contributed by atoms with Gasteiger partial charge in [-0.05, 0) is 48.4 Å². The Labute approximate surface area is 200 Å². The normalized spacial score (nSPS) is 11.8. The van der Waals surface area contributed by atoms with E-state index in [2.05, 4.69) is 15.2 Å². The van der Waals surface area contributed by atoms with Crippen LogP contribution in [0.3, 0.4) is 0 Å². The van der Waals surface area contributed by atoms with Gasteiger partial charge >= 0.3 is 0 Å². The van der Waals surface area contributed by atoms with Gasteiger partial charge < -0.3 is 10.6 Å². The van der Waals surface area contributed by atoms with Crippen LogP contribution in [0.4, 0.5) is 5.69 Å². The summed E-state index contributed by atoms with van der Waals surface area (Å²) >= 11 is 0. The summed E-state index contributed by atoms with van der Waals surface area (Å²) in [5.41, 5.74) is 4.65. The molecule has 2 N–H and O–H groups in total. The summed E-state index contributed by atoms with van der Waals surface area (Å²) in [6, 6.07) is 25.7. The Balaban J connectivity index is 1.39. The zero-order valence-electron chi connectivity index (χ0n) is 19.6. The maximum atomic E-state index is 12.6. The lowest BCUT2D eigenvalue weighted by Crippen LogP contribution is -2.24. The SMILES string of the molecule is CCC(C)C(=O)Nc1cccc(CNC(=O)CCc2nc3ccccc3n2-c2ccccc2)c1. The number of fused-ring (bicyclic) bond motifs is 1. The van der Waals surface area contributed by atoms with Crippen molar-refractivity contribution in [2.75, 3.05) is 5.32 Å². The molecule has 0 bridgehead atoms. The van der Waals surface area contributed by atoms with Crippen LogP contribution < -0.4 is 10.6 Å². The Morgan fingerprint density at radius 2 is 1.74 bits per heavy atom. The third-order valence-electron chi connectivity index (χ3n) is 5.96. The molecule has 1 heterocycles. The number of anilines is 1. The number of hydrogen-bond donors (Lipinski definition) is 2. The quantitative estimate of drug-likeness (QED) is 0.362. The highest BCUT2D eigenvalue weighted by Crippen LogP contribution is 2.22. The Kier molecular flexibility index (Phi) is 7.38. The van der Waals surface area contributed by atoms with Crippen LogP contribution in [0.15, 0.2) is 78.9 Å². The van der Waals surface area contributed by atoms with E-state index in [4.69, 9.17) is 4.98 Å². The standard InChI is InChI=1S/C28H30N4O2/c1-3-20(2)28(34)30-22-11-9-10-21(18-22)19-29-27(33)17-16-26-31-24-14-7-8-15-25(24)32(26)23-12-5-4-6-13-23/h4-15,18,20H,3,16-17,19H2,1-2H3,(H,29,33)(H,30,34). The van der Waals surface area contributed by atoms with Gasteiger partial charge in [0.25, 0.3) is 0 Å². The second-order valence-electron chi connectivity index (χ2n) is 8.46. The average Bonchev–Trinajstić information content (AvgIpc) is 3.25. The number of imidazole rings is 1. The molecule has 0 aliphatic rings. The Morgan fingerprint density at radius 3 is 2.53 bits per heavy atom. The number of aromatic nitrogens is 2. The highest BCUT2D eigenvalue weighted by molar-refractivity contribution is 5.92. The maximum absolute atomic E-state index is 12.6. The molecule has 4 rings (SSSR count). The molecule has 6 nitrogen and oxygen atoms in total. The number of nitrogens with zero attached hydrogens (tertiary/aromatic N) is 2. The van der Waals surface area contributed by atoms with Crippen LogP contribution in [0.25, 0.3) is 16.7 Å². The molecule has 3 aromatic carbocycles. The molecule has 1 atom stereocenters. The zero-order valence-corrected chi connectivity index (χ0v) is 19.6. The van der Waals surface area contributed by atoms with Gasteiger partial charge in [0.15, 0.2) is 0 Å². The zero-order chi connectivity index (χ0) is 23.9. The van der Waals surface area contributed by atoms with E-state index in [1.54, 1.807) is 0 Å². The number of carbonyl (C=O) groups is 2. The highest BCUT2D eigenvalue weighted by Gasteiger charge is 2.14. The molecule has 2 amide bonds. The fourth-order valence-electron chi connectivity index (χ4n) is 3.83. The van der Waals surface area contributed by atoms with E-state index in [-0.39, 0.29) is 17.7 Å². The van der Waals surface area contributed by atoms with Crippen molar-refractivity contribution in [3.05, 3.63) is 90.3 Å². The number of para-hydroxylation sites is 3. The van der Waals surface area contributed by atoms with Gasteiger partial charge in [-0.25, -0.2) is 4.98 Å². The summed E-state index contributed by atoms with van der Waals surface area (Å²) in [6.45, 7) is 4.30. The summed E-state index contributed by atoms with van der Waals surface area (Å²) in [7, 11) is 0. The van der Waals surface area contributed by atoms with Crippen LogP contribution in [0.5, 0.6) is 0 Å². The van der Waals surface area contributed by atoms with E-state index in [0.717, 1.165) is 40.2 Å². The monoisotopic (exact) mass is 454 g/mol. The molecular weight excluding hydrogens is 424 g/mol. The van der Waals surface area contributed by atoms with Crippen molar-refractivity contribution in [1.29, 1.82) is 0 Å². The second kappa shape index (κ2) is 10.8. The summed E-state index contributed by atoms with van der Waals surface area (Å²) in [4.78, 5) is 29.6. The molecule has 0 fully saturated rings. The van der Waals surface area contributed by atoms with E-state index in [1.165, 1.54) is 0 Å². The molecule has 0 aliphatic carbocycles. The van der Waals surface area contributed by atoms with Crippen molar-refractivity contribution < 1.29 is 9.59 Å². The summed E-state index contributed by atoms with van der Waals surface area (Å²) < 4.78 is 2.12. The van der Waals surface area contributed by atoms with Gasteiger partial charge in [0.2, 0.25) is 11.8 Å². The summed E-state index contributed by atoms with van der Waals surface area (Å²) in [5.74, 6) is 0.784. The molecule has 1 aromatic heterocycles. The molecule has 174 valence electrons. The summed E-state index contributed by atoms with van der Waals surface area (Å²) in [6.07, 6.45) is 1.65. The number of amides is 2. The molecule has 0 aliphatic heterocycles. The lowest BCUT2D eigenvalue weighted by molar-refractivity contribution is -0.121. The van der Waals surface area contributed by atoms with E-state index in [0.29, 0.717) is 19.4 Å². The molecular formula is C28H30N4O2. The number of hydrogen-bond acceptors (Lipinski definition) is 3. The topological polar surface area (TPSA) is 76.0 Å². The van der Waals surface area contributed by atoms with Gasteiger partial charge in [-0.2, -0.15) is 0 Å². The van der Waals surface area contributed by atoms with Crippen molar-refractivity contribution in [2.45, 2.75) is 39.7 Å².